The number of H-pyrrole nitrogens is 1. The van der Waals surface area contributed by atoms with Crippen molar-refractivity contribution in [1.82, 2.24) is 44.3 Å². The number of aryl methyl sites for hydroxylation is 1. The van der Waals surface area contributed by atoms with Crippen molar-refractivity contribution in [3.63, 3.8) is 0 Å². The summed E-state index contributed by atoms with van der Waals surface area (Å²) < 4.78 is 121. The number of carbonyl (C=O) groups is 1. The molecule has 4 aromatic heterocycles. The molecule has 14 N–H and O–H groups in total. The van der Waals surface area contributed by atoms with E-state index in [-0.39, 0.29) is 39.8 Å². The lowest BCUT2D eigenvalue weighted by Gasteiger charge is -2.30. The number of nitrogen functional groups attached to an aromatic ring is 2. The summed E-state index contributed by atoms with van der Waals surface area (Å²) in [4.78, 5) is 85.5. The summed E-state index contributed by atoms with van der Waals surface area (Å²) in [6.07, 6.45) is -20.6. The molecule has 4 aliphatic rings. The van der Waals surface area contributed by atoms with E-state index in [4.69, 9.17) is 48.1 Å². The summed E-state index contributed by atoms with van der Waals surface area (Å²) in [5, 5.41) is 45.0. The molecule has 72 heavy (non-hydrogen) atoms. The number of imidazole rings is 2. The summed E-state index contributed by atoms with van der Waals surface area (Å²) in [5.41, 5.74) is 10.4. The van der Waals surface area contributed by atoms with Gasteiger partial charge in [0.05, 0.1) is 33.2 Å². The van der Waals surface area contributed by atoms with Gasteiger partial charge in [0.15, 0.2) is 30.2 Å². The molecule has 40 heteroatoms. The monoisotopic (exact) mass is 1110 g/mol. The third kappa shape index (κ3) is 11.2. The van der Waals surface area contributed by atoms with Gasteiger partial charge in [-0.1, -0.05) is 11.6 Å². The van der Waals surface area contributed by atoms with E-state index in [1.165, 1.54) is 28.6 Å². The zero-order chi connectivity index (χ0) is 52.4. The minimum absolute atomic E-state index is 0.0235. The first-order chi connectivity index (χ1) is 33.7. The van der Waals surface area contributed by atoms with E-state index in [1.54, 1.807) is 0 Å². The fourth-order valence-electron chi connectivity index (χ4n) is 7.84. The summed E-state index contributed by atoms with van der Waals surface area (Å²) in [7, 11) is -17.0. The zero-order valence-electron chi connectivity index (χ0n) is 36.2. The van der Waals surface area contributed by atoms with Gasteiger partial charge < -0.3 is 75.5 Å². The molecule has 3 saturated heterocycles. The number of allylic oxidation sites excluding steroid dienone is 1. The molecule has 4 aromatic rings. The van der Waals surface area contributed by atoms with Gasteiger partial charge >= 0.3 is 50.7 Å². The van der Waals surface area contributed by atoms with Gasteiger partial charge in [-0.05, 0) is 6.08 Å². The first kappa shape index (κ1) is 54.0. The molecule has 7 unspecified atom stereocenters. The topological polar surface area (TPSA) is 462 Å². The van der Waals surface area contributed by atoms with E-state index in [0.717, 1.165) is 23.8 Å². The summed E-state index contributed by atoms with van der Waals surface area (Å²) in [6, 6.07) is -0.847. The van der Waals surface area contributed by atoms with Gasteiger partial charge in [-0.25, -0.2) is 42.1 Å². The molecule has 4 aliphatic heterocycles. The minimum atomic E-state index is -5.79. The zero-order valence-corrected chi connectivity index (χ0v) is 39.8. The number of aliphatic hydroxyl groups excluding tert-OH is 4. The van der Waals surface area contributed by atoms with Crippen LogP contribution in [-0.4, -0.2) is 166 Å². The molecule has 16 atom stereocenters. The van der Waals surface area contributed by atoms with E-state index < -0.39 is 144 Å². The van der Waals surface area contributed by atoms with E-state index in [0.29, 0.717) is 4.57 Å². The first-order valence-corrected chi connectivity index (χ1v) is 25.5. The maximum atomic E-state index is 15.1. The van der Waals surface area contributed by atoms with Crippen molar-refractivity contribution in [1.29, 1.82) is 0 Å². The average Bonchev–Trinajstić information content (AvgIpc) is 4.08. The van der Waals surface area contributed by atoms with Crippen LogP contribution in [0.3, 0.4) is 0 Å². The van der Waals surface area contributed by atoms with Gasteiger partial charge in [0.2, 0.25) is 11.7 Å². The van der Waals surface area contributed by atoms with E-state index in [9.17, 15) is 58.7 Å². The maximum Gasteiger partial charge on any atom is 0.479 e. The van der Waals surface area contributed by atoms with Crippen molar-refractivity contribution in [3.8, 4) is 0 Å². The number of aliphatic hydroxyl groups is 4. The smallest absolute Gasteiger partial charge is 0.387 e. The number of phosphoric acid groups is 2. The molecule has 2 amide bonds. The van der Waals surface area contributed by atoms with Crippen LogP contribution in [0.1, 0.15) is 12.5 Å². The number of aromatic amines is 1. The van der Waals surface area contributed by atoms with Gasteiger partial charge in [-0.2, -0.15) is 13.2 Å². The Bertz CT molecular complexity index is 2890. The summed E-state index contributed by atoms with van der Waals surface area (Å²) >= 11 is 0. The average molecular weight is 1110 g/mol. The van der Waals surface area contributed by atoms with Crippen LogP contribution in [0.2, 0.25) is 0 Å². The lowest BCUT2D eigenvalue weighted by atomic mass is 9.99. The molecule has 396 valence electrons. The Kier molecular flexibility index (Phi) is 15.6. The number of alkyl halides is 3. The predicted molar refractivity (Wildman–Crippen MR) is 227 cm³/mol. The lowest BCUT2D eigenvalue weighted by Crippen LogP contribution is -2.49. The number of urea groups is 1. The fourth-order valence-corrected chi connectivity index (χ4v) is 11.4. The van der Waals surface area contributed by atoms with Crippen molar-refractivity contribution < 1.29 is 113 Å². The molecular weight excluding hydrogens is 1070 g/mol. The van der Waals surface area contributed by atoms with Crippen LogP contribution in [0.25, 0.3) is 22.3 Å². The molecule has 8 heterocycles. The van der Waals surface area contributed by atoms with Gasteiger partial charge in [0, 0.05) is 11.9 Å². The molecule has 0 aliphatic carbocycles. The van der Waals surface area contributed by atoms with E-state index in [2.05, 4.69) is 41.1 Å². The maximum absolute atomic E-state index is 15.1. The Balaban J connectivity index is 0.921. The first-order valence-electron chi connectivity index (χ1n) is 20.3. The number of amides is 2. The molecule has 0 spiro atoms. The van der Waals surface area contributed by atoms with Crippen molar-refractivity contribution >= 4 is 73.0 Å². The van der Waals surface area contributed by atoms with Crippen LogP contribution in [0.4, 0.5) is 29.7 Å². The number of nitrogens with two attached hydrogens (primary N) is 2. The fraction of sp³-hybridized carbons (Fsp3) is 0.531. The Morgan fingerprint density at radius 2 is 1.58 bits per heavy atom. The molecular formula is C32H42F3N12O21P4+. The van der Waals surface area contributed by atoms with Crippen molar-refractivity contribution in [2.75, 3.05) is 31.3 Å². The number of carbonyl (C=O) groups excluding carboxylic acids is 1. The van der Waals surface area contributed by atoms with Crippen molar-refractivity contribution in [3.05, 3.63) is 53.9 Å². The SMILES string of the molecule is C=C1C=CN([C@@H]2O[C@H](COP(=O)(O)OC3[C@@H](COP(=O)(O)OP(O)OP(O)OC[C@H]4O[C@@H]([n+]5cn(C)c6c(=O)[nH]c(N)nc65)[C@@H](O)C4O)O[C@@H](n4cnc5c(N)ncnc54)[C@H]3C(F)(F)F)C(O)[C@@H]2O)C(=O)N1. The minimum Gasteiger partial charge on any atom is -0.387 e. The van der Waals surface area contributed by atoms with Crippen molar-refractivity contribution in [2.24, 2.45) is 13.0 Å². The Morgan fingerprint density at radius 1 is 0.917 bits per heavy atom. The van der Waals surface area contributed by atoms with Gasteiger partial charge in [-0.3, -0.25) is 37.4 Å². The number of phosphoric ester groups is 2. The number of fused-ring (bicyclic) bond motifs is 2. The largest absolute Gasteiger partial charge is 0.479 e. The second kappa shape index (κ2) is 20.8. The number of ether oxygens (including phenoxy) is 3. The number of nitrogens with zero attached hydrogens (tertiary/aromatic N) is 8. The standard InChI is InChI=1S/C32H41F3N12O21P4/c1-11-3-4-45(31(53)41-11)28-20(50)19(49)13(64-28)6-61-71(56,57)66-22-14(65-27(15(22)32(33,34)35)46-9-40-16-23(36)38-8-39-24(16)46)7-62-72(58,59)68-70(55)67-69(54)60-5-12-18(48)21(51)29(63-12)47-10-44(2)17-25(47)42-30(37)43-26(17)52/h3-4,8-10,12-15,18-22,27-29,48-51,54-55H,1,5-7H2,2H3,(H7-,36,37,38,39,41,42,43,52,53,56,57,58,59)/p+1/t12-,13-,14-,15+,18?,19?,20+,21+,22?,27-,28-,29-,69?,70?/m1/s1. The highest BCUT2D eigenvalue weighted by Gasteiger charge is 2.62. The molecule has 3 fully saturated rings. The number of halogens is 3. The third-order valence-electron chi connectivity index (χ3n) is 11.1. The number of aromatic nitrogens is 8. The van der Waals surface area contributed by atoms with Crippen LogP contribution in [0, 0.1) is 5.92 Å². The van der Waals surface area contributed by atoms with Crippen LogP contribution < -0.4 is 26.9 Å². The van der Waals surface area contributed by atoms with Gasteiger partial charge in [0.1, 0.15) is 66.6 Å². The number of anilines is 2. The highest BCUT2D eigenvalue weighted by atomic mass is 31.3. The predicted octanol–water partition coefficient (Wildman–Crippen LogP) is -2.14. The Hall–Kier alpha value is -4.32. The molecule has 33 nitrogen and oxygen atoms in total. The van der Waals surface area contributed by atoms with Crippen LogP contribution in [0.5, 0.6) is 0 Å². The second-order valence-corrected chi connectivity index (χ2v) is 20.9. The number of hydrogen-bond acceptors (Lipinski definition) is 25. The van der Waals surface area contributed by atoms with Gasteiger partial charge in [-0.15, -0.1) is 0 Å². The Morgan fingerprint density at radius 3 is 2.29 bits per heavy atom. The number of rotatable bonds is 18. The van der Waals surface area contributed by atoms with Gasteiger partial charge in [0.25, 0.3) is 11.5 Å². The summed E-state index contributed by atoms with van der Waals surface area (Å²) in [5.74, 6) is -3.55. The highest BCUT2D eigenvalue weighted by Crippen LogP contribution is 2.61. The third-order valence-corrected chi connectivity index (χ3v) is 15.4. The van der Waals surface area contributed by atoms with Crippen LogP contribution >= 0.6 is 32.9 Å². The Labute approximate surface area is 401 Å². The van der Waals surface area contributed by atoms with Crippen molar-refractivity contribution in [2.45, 2.75) is 73.7 Å². The van der Waals surface area contributed by atoms with Crippen LogP contribution in [0.15, 0.2) is 48.3 Å². The summed E-state index contributed by atoms with van der Waals surface area (Å²) in [6.45, 7) is 0.139. The van der Waals surface area contributed by atoms with E-state index >= 15 is 13.2 Å². The molecule has 0 aromatic carbocycles. The highest BCUT2D eigenvalue weighted by molar-refractivity contribution is 7.62. The normalized spacial score (nSPS) is 31.6. The number of hydrogen-bond donors (Lipinski definition) is 12. The molecule has 0 radical (unpaired) electrons. The van der Waals surface area contributed by atoms with Crippen LogP contribution in [-0.2, 0) is 57.1 Å². The van der Waals surface area contributed by atoms with E-state index in [1.807, 2.05) is 0 Å². The quantitative estimate of drug-likeness (QED) is 0.0373. The lowest BCUT2D eigenvalue weighted by molar-refractivity contribution is -0.745. The number of nitrogens with one attached hydrogen (secondary N) is 2. The molecule has 8 rings (SSSR count). The molecule has 0 saturated carbocycles. The molecule has 0 bridgehead atoms. The second-order valence-electron chi connectivity index (χ2n) is 15.8.